The van der Waals surface area contributed by atoms with Crippen LogP contribution in [0, 0.1) is 13.8 Å². The van der Waals surface area contributed by atoms with Gasteiger partial charge in [-0.3, -0.25) is 4.79 Å². The first-order valence-electron chi connectivity index (χ1n) is 6.53. The van der Waals surface area contributed by atoms with Crippen LogP contribution >= 0.6 is 0 Å². The predicted molar refractivity (Wildman–Crippen MR) is 78.0 cm³/mol. The molecule has 2 aromatic carbocycles. The molecule has 0 aliphatic carbocycles. The van der Waals surface area contributed by atoms with Gasteiger partial charge >= 0.3 is 5.97 Å². The van der Waals surface area contributed by atoms with Crippen LogP contribution in [-0.4, -0.2) is 11.1 Å². The zero-order chi connectivity index (χ0) is 14.5. The summed E-state index contributed by atoms with van der Waals surface area (Å²) in [5.41, 5.74) is 4.29. The van der Waals surface area contributed by atoms with Gasteiger partial charge in [0.1, 0.15) is 12.4 Å². The molecule has 3 nitrogen and oxygen atoms in total. The van der Waals surface area contributed by atoms with E-state index in [0.29, 0.717) is 12.4 Å². The number of hydrogen-bond acceptors (Lipinski definition) is 2. The van der Waals surface area contributed by atoms with Gasteiger partial charge in [-0.2, -0.15) is 0 Å². The summed E-state index contributed by atoms with van der Waals surface area (Å²) in [7, 11) is 0. The number of rotatable bonds is 5. The summed E-state index contributed by atoms with van der Waals surface area (Å²) in [5.74, 6) is -0.139. The fraction of sp³-hybridized carbons (Fsp3) is 0.235. The average molecular weight is 270 g/mol. The molecule has 0 unspecified atom stereocenters. The molecule has 0 aromatic heterocycles. The molecular weight excluding hydrogens is 252 g/mol. The Morgan fingerprint density at radius 2 is 1.75 bits per heavy atom. The first-order chi connectivity index (χ1) is 9.52. The van der Waals surface area contributed by atoms with Gasteiger partial charge < -0.3 is 9.84 Å². The van der Waals surface area contributed by atoms with Gasteiger partial charge in [0.15, 0.2) is 0 Å². The Morgan fingerprint density at radius 3 is 2.40 bits per heavy atom. The Bertz CT molecular complexity index is 597. The molecular formula is C17H18O3. The zero-order valence-electron chi connectivity index (χ0n) is 11.7. The highest BCUT2D eigenvalue weighted by Crippen LogP contribution is 2.17. The van der Waals surface area contributed by atoms with Crippen molar-refractivity contribution >= 4 is 5.97 Å². The third kappa shape index (κ3) is 4.12. The summed E-state index contributed by atoms with van der Waals surface area (Å²) in [4.78, 5) is 10.7. The normalized spacial score (nSPS) is 10.3. The van der Waals surface area contributed by atoms with Gasteiger partial charge in [-0.05, 0) is 37.1 Å². The molecule has 0 saturated carbocycles. The third-order valence-corrected chi connectivity index (χ3v) is 2.94. The molecule has 0 amide bonds. The van der Waals surface area contributed by atoms with Crippen molar-refractivity contribution in [3.8, 4) is 5.75 Å². The number of benzene rings is 2. The number of ether oxygens (including phenoxy) is 1. The summed E-state index contributed by atoms with van der Waals surface area (Å²) in [6.45, 7) is 4.60. The van der Waals surface area contributed by atoms with Crippen molar-refractivity contribution < 1.29 is 14.6 Å². The molecule has 0 aliphatic rings. The second-order valence-electron chi connectivity index (χ2n) is 5.00. The first kappa shape index (κ1) is 14.1. The lowest BCUT2D eigenvalue weighted by Gasteiger charge is -2.09. The maximum absolute atomic E-state index is 10.7. The van der Waals surface area contributed by atoms with Crippen LogP contribution < -0.4 is 4.74 Å². The second-order valence-corrected chi connectivity index (χ2v) is 5.00. The van der Waals surface area contributed by atoms with E-state index >= 15 is 0 Å². The molecule has 20 heavy (non-hydrogen) atoms. The van der Waals surface area contributed by atoms with Gasteiger partial charge in [0.05, 0.1) is 6.42 Å². The molecule has 0 saturated heterocycles. The molecule has 0 fully saturated rings. The molecule has 3 heteroatoms. The van der Waals surface area contributed by atoms with E-state index in [4.69, 9.17) is 9.84 Å². The number of aliphatic carboxylic acids is 1. The maximum atomic E-state index is 10.7. The summed E-state index contributed by atoms with van der Waals surface area (Å²) >= 11 is 0. The Kier molecular flexibility index (Phi) is 4.41. The largest absolute Gasteiger partial charge is 0.489 e. The minimum absolute atomic E-state index is 0.0146. The molecule has 0 bridgehead atoms. The summed E-state index contributed by atoms with van der Waals surface area (Å²) in [6.07, 6.45) is 0.0146. The molecule has 104 valence electrons. The van der Waals surface area contributed by atoms with Crippen LogP contribution in [0.25, 0.3) is 0 Å². The van der Waals surface area contributed by atoms with Crippen LogP contribution in [0.15, 0.2) is 42.5 Å². The number of carboxylic acid groups (broad SMARTS) is 1. The standard InChI is InChI=1S/C17H18O3/c1-12-6-13(2)8-15(7-12)11-20-16-5-3-4-14(9-16)10-17(18)19/h3-9H,10-11H2,1-2H3,(H,18,19). The van der Waals surface area contributed by atoms with E-state index < -0.39 is 5.97 Å². The fourth-order valence-electron chi connectivity index (χ4n) is 2.24. The van der Waals surface area contributed by atoms with Crippen molar-refractivity contribution in [2.75, 3.05) is 0 Å². The second kappa shape index (κ2) is 6.24. The van der Waals surface area contributed by atoms with E-state index in [1.54, 1.807) is 12.1 Å². The molecule has 0 radical (unpaired) electrons. The van der Waals surface area contributed by atoms with Gasteiger partial charge in [-0.1, -0.05) is 41.5 Å². The van der Waals surface area contributed by atoms with Crippen LogP contribution in [0.5, 0.6) is 5.75 Å². The van der Waals surface area contributed by atoms with Crippen LogP contribution in [0.2, 0.25) is 0 Å². The van der Waals surface area contributed by atoms with Crippen molar-refractivity contribution in [3.63, 3.8) is 0 Å². The van der Waals surface area contributed by atoms with Gasteiger partial charge in [0.25, 0.3) is 0 Å². The Morgan fingerprint density at radius 1 is 1.05 bits per heavy atom. The van der Waals surface area contributed by atoms with E-state index in [1.165, 1.54) is 11.1 Å². The summed E-state index contributed by atoms with van der Waals surface area (Å²) in [5, 5.41) is 8.79. The molecule has 0 spiro atoms. The highest BCUT2D eigenvalue weighted by molar-refractivity contribution is 5.70. The van der Waals surface area contributed by atoms with Crippen LogP contribution in [0.1, 0.15) is 22.3 Å². The lowest BCUT2D eigenvalue weighted by Crippen LogP contribution is -2.01. The van der Waals surface area contributed by atoms with Gasteiger partial charge in [0, 0.05) is 0 Å². The molecule has 0 atom stereocenters. The summed E-state index contributed by atoms with van der Waals surface area (Å²) in [6, 6.07) is 13.5. The van der Waals surface area contributed by atoms with Crippen LogP contribution in [-0.2, 0) is 17.8 Å². The van der Waals surface area contributed by atoms with E-state index in [2.05, 4.69) is 32.0 Å². The zero-order valence-corrected chi connectivity index (χ0v) is 11.7. The van der Waals surface area contributed by atoms with E-state index in [0.717, 1.165) is 11.1 Å². The molecule has 0 heterocycles. The SMILES string of the molecule is Cc1cc(C)cc(COc2cccc(CC(=O)O)c2)c1. The monoisotopic (exact) mass is 270 g/mol. The molecule has 2 rings (SSSR count). The van der Waals surface area contributed by atoms with Gasteiger partial charge in [-0.25, -0.2) is 0 Å². The minimum atomic E-state index is -0.837. The van der Waals surface area contributed by atoms with Crippen molar-refractivity contribution in [1.82, 2.24) is 0 Å². The lowest BCUT2D eigenvalue weighted by molar-refractivity contribution is -0.136. The minimum Gasteiger partial charge on any atom is -0.489 e. The third-order valence-electron chi connectivity index (χ3n) is 2.94. The molecule has 1 N–H and O–H groups in total. The Balaban J connectivity index is 2.05. The topological polar surface area (TPSA) is 46.5 Å². The molecule has 2 aromatic rings. The van der Waals surface area contributed by atoms with Gasteiger partial charge in [-0.15, -0.1) is 0 Å². The van der Waals surface area contributed by atoms with E-state index in [1.807, 2.05) is 12.1 Å². The molecule has 0 aliphatic heterocycles. The highest BCUT2D eigenvalue weighted by atomic mass is 16.5. The van der Waals surface area contributed by atoms with Crippen molar-refractivity contribution in [1.29, 1.82) is 0 Å². The average Bonchev–Trinajstić information content (AvgIpc) is 2.35. The smallest absolute Gasteiger partial charge is 0.307 e. The van der Waals surface area contributed by atoms with Crippen LogP contribution in [0.3, 0.4) is 0 Å². The fourth-order valence-corrected chi connectivity index (χ4v) is 2.24. The van der Waals surface area contributed by atoms with E-state index in [-0.39, 0.29) is 6.42 Å². The number of hydrogen-bond donors (Lipinski definition) is 1. The van der Waals surface area contributed by atoms with Crippen molar-refractivity contribution in [3.05, 3.63) is 64.7 Å². The predicted octanol–water partition coefficient (Wildman–Crippen LogP) is 3.51. The Hall–Kier alpha value is -2.29. The van der Waals surface area contributed by atoms with Crippen molar-refractivity contribution in [2.24, 2.45) is 0 Å². The quantitative estimate of drug-likeness (QED) is 0.904. The van der Waals surface area contributed by atoms with Crippen LogP contribution in [0.4, 0.5) is 0 Å². The lowest BCUT2D eigenvalue weighted by atomic mass is 10.1. The maximum Gasteiger partial charge on any atom is 0.307 e. The van der Waals surface area contributed by atoms with Gasteiger partial charge in [0.2, 0.25) is 0 Å². The highest BCUT2D eigenvalue weighted by Gasteiger charge is 2.03. The first-order valence-corrected chi connectivity index (χ1v) is 6.53. The number of aryl methyl sites for hydroxylation is 2. The Labute approximate surface area is 118 Å². The number of carboxylic acids is 1. The summed E-state index contributed by atoms with van der Waals surface area (Å²) < 4.78 is 5.73. The van der Waals surface area contributed by atoms with E-state index in [9.17, 15) is 4.79 Å². The number of carbonyl (C=O) groups is 1. The van der Waals surface area contributed by atoms with Crippen molar-refractivity contribution in [2.45, 2.75) is 26.9 Å².